The fraction of sp³-hybridized carbons (Fsp3) is 0.409. The lowest BCUT2D eigenvalue weighted by molar-refractivity contribution is -0.131. The van der Waals surface area contributed by atoms with Gasteiger partial charge in [-0.2, -0.15) is 0 Å². The largest absolute Gasteiger partial charge is 0.497 e. The van der Waals surface area contributed by atoms with E-state index < -0.39 is 0 Å². The Balaban J connectivity index is 1.69. The van der Waals surface area contributed by atoms with Crippen LogP contribution >= 0.6 is 0 Å². The van der Waals surface area contributed by atoms with Gasteiger partial charge >= 0.3 is 0 Å². The Kier molecular flexibility index (Phi) is 6.52. The van der Waals surface area contributed by atoms with Crippen LogP contribution in [0.15, 0.2) is 42.5 Å². The molecule has 1 aliphatic heterocycles. The second kappa shape index (κ2) is 9.06. The first-order chi connectivity index (χ1) is 13.5. The van der Waals surface area contributed by atoms with E-state index in [1.807, 2.05) is 18.2 Å². The predicted molar refractivity (Wildman–Crippen MR) is 106 cm³/mol. The fourth-order valence-electron chi connectivity index (χ4n) is 3.71. The molecule has 1 atom stereocenters. The minimum atomic E-state index is -0.273. The number of hydrogen-bond donors (Lipinski definition) is 0. The summed E-state index contributed by atoms with van der Waals surface area (Å²) in [5, 5.41) is 0. The van der Waals surface area contributed by atoms with E-state index >= 15 is 0 Å². The highest BCUT2D eigenvalue weighted by Gasteiger charge is 2.30. The third-order valence-electron chi connectivity index (χ3n) is 5.26. The minimum Gasteiger partial charge on any atom is -0.497 e. The SMILES string of the molecule is COc1ccc(OC)c(C2CCCN2CC(=O)N(C)Cc2ccc(F)cc2)c1. The number of amides is 1. The Morgan fingerprint density at radius 2 is 1.93 bits per heavy atom. The molecule has 1 aliphatic rings. The third kappa shape index (κ3) is 4.62. The molecule has 5 nitrogen and oxygen atoms in total. The van der Waals surface area contributed by atoms with Gasteiger partial charge in [0, 0.05) is 25.2 Å². The number of hydrogen-bond acceptors (Lipinski definition) is 4. The lowest BCUT2D eigenvalue weighted by Crippen LogP contribution is -2.37. The molecule has 150 valence electrons. The summed E-state index contributed by atoms with van der Waals surface area (Å²) >= 11 is 0. The van der Waals surface area contributed by atoms with Crippen molar-refractivity contribution in [3.63, 3.8) is 0 Å². The van der Waals surface area contributed by atoms with Crippen LogP contribution in [0.25, 0.3) is 0 Å². The number of carbonyl (C=O) groups excluding carboxylic acids is 1. The normalized spacial score (nSPS) is 16.8. The van der Waals surface area contributed by atoms with Gasteiger partial charge in [-0.3, -0.25) is 9.69 Å². The van der Waals surface area contributed by atoms with Gasteiger partial charge < -0.3 is 14.4 Å². The van der Waals surface area contributed by atoms with Crippen LogP contribution < -0.4 is 9.47 Å². The number of likely N-dealkylation sites (tertiary alicyclic amines) is 1. The molecule has 0 N–H and O–H groups in total. The van der Waals surface area contributed by atoms with Gasteiger partial charge in [-0.15, -0.1) is 0 Å². The van der Waals surface area contributed by atoms with E-state index in [0.717, 1.165) is 42.0 Å². The molecule has 0 saturated carbocycles. The zero-order valence-electron chi connectivity index (χ0n) is 16.7. The Bertz CT molecular complexity index is 810. The molecular formula is C22H27FN2O3. The van der Waals surface area contributed by atoms with E-state index in [1.54, 1.807) is 38.3 Å². The maximum Gasteiger partial charge on any atom is 0.236 e. The quantitative estimate of drug-likeness (QED) is 0.729. The molecule has 1 heterocycles. The molecule has 6 heteroatoms. The molecule has 2 aromatic carbocycles. The highest BCUT2D eigenvalue weighted by molar-refractivity contribution is 5.78. The summed E-state index contributed by atoms with van der Waals surface area (Å²) in [7, 11) is 5.08. The number of likely N-dealkylation sites (N-methyl/N-ethyl adjacent to an activating group) is 1. The summed E-state index contributed by atoms with van der Waals surface area (Å²) in [6, 6.07) is 12.1. The molecule has 1 saturated heterocycles. The van der Waals surface area contributed by atoms with Gasteiger partial charge in [-0.25, -0.2) is 4.39 Å². The van der Waals surface area contributed by atoms with Crippen molar-refractivity contribution in [2.45, 2.75) is 25.4 Å². The molecule has 0 aromatic heterocycles. The smallest absolute Gasteiger partial charge is 0.236 e. The molecule has 0 aliphatic carbocycles. The first-order valence-electron chi connectivity index (χ1n) is 9.46. The summed E-state index contributed by atoms with van der Waals surface area (Å²) in [4.78, 5) is 16.7. The number of halogens is 1. The summed E-state index contributed by atoms with van der Waals surface area (Å²) in [5.74, 6) is 1.36. The van der Waals surface area contributed by atoms with E-state index in [1.165, 1.54) is 12.1 Å². The molecule has 1 unspecified atom stereocenters. The van der Waals surface area contributed by atoms with Crippen LogP contribution in [-0.4, -0.2) is 50.1 Å². The molecule has 0 bridgehead atoms. The zero-order chi connectivity index (χ0) is 20.1. The van der Waals surface area contributed by atoms with Crippen molar-refractivity contribution in [3.8, 4) is 11.5 Å². The molecule has 1 amide bonds. The van der Waals surface area contributed by atoms with Crippen LogP contribution in [0, 0.1) is 5.82 Å². The van der Waals surface area contributed by atoms with Gasteiger partial charge in [0.15, 0.2) is 0 Å². The summed E-state index contributed by atoms with van der Waals surface area (Å²) in [5.41, 5.74) is 1.96. The maximum absolute atomic E-state index is 13.1. The van der Waals surface area contributed by atoms with Gasteiger partial charge in [0.2, 0.25) is 5.91 Å². The number of ether oxygens (including phenoxy) is 2. The second-order valence-corrected chi connectivity index (χ2v) is 7.11. The van der Waals surface area contributed by atoms with Crippen molar-refractivity contribution in [3.05, 3.63) is 59.4 Å². The Labute approximate surface area is 165 Å². The zero-order valence-corrected chi connectivity index (χ0v) is 16.7. The van der Waals surface area contributed by atoms with Gasteiger partial charge in [-0.05, 0) is 55.3 Å². The first-order valence-corrected chi connectivity index (χ1v) is 9.46. The number of carbonyl (C=O) groups is 1. The minimum absolute atomic E-state index is 0.0399. The Hall–Kier alpha value is -2.60. The fourth-order valence-corrected chi connectivity index (χ4v) is 3.71. The van der Waals surface area contributed by atoms with Crippen LogP contribution in [0.1, 0.15) is 30.0 Å². The topological polar surface area (TPSA) is 42.0 Å². The van der Waals surface area contributed by atoms with E-state index in [9.17, 15) is 9.18 Å². The van der Waals surface area contributed by atoms with Gasteiger partial charge in [-0.1, -0.05) is 12.1 Å². The lowest BCUT2D eigenvalue weighted by Gasteiger charge is -2.28. The average Bonchev–Trinajstić information content (AvgIpc) is 3.17. The van der Waals surface area contributed by atoms with E-state index in [0.29, 0.717) is 13.1 Å². The number of benzene rings is 2. The standard InChI is InChI=1S/C22H27FN2O3/c1-24(14-16-6-8-17(23)9-7-16)22(26)15-25-12-4-5-20(25)19-13-18(27-2)10-11-21(19)28-3/h6-11,13,20H,4-5,12,14-15H2,1-3H3. The molecule has 1 fully saturated rings. The number of nitrogens with zero attached hydrogens (tertiary/aromatic N) is 2. The third-order valence-corrected chi connectivity index (χ3v) is 5.26. The van der Waals surface area contributed by atoms with Crippen LogP contribution in [0.2, 0.25) is 0 Å². The van der Waals surface area contributed by atoms with Crippen molar-refractivity contribution < 1.29 is 18.7 Å². The highest BCUT2D eigenvalue weighted by atomic mass is 19.1. The van der Waals surface area contributed by atoms with Crippen LogP contribution in [0.5, 0.6) is 11.5 Å². The lowest BCUT2D eigenvalue weighted by atomic mass is 10.0. The highest BCUT2D eigenvalue weighted by Crippen LogP contribution is 2.38. The van der Waals surface area contributed by atoms with E-state index in [2.05, 4.69) is 4.90 Å². The number of methoxy groups -OCH3 is 2. The Morgan fingerprint density at radius 1 is 1.18 bits per heavy atom. The predicted octanol–water partition coefficient (Wildman–Crippen LogP) is 3.64. The van der Waals surface area contributed by atoms with Crippen molar-refractivity contribution in [1.29, 1.82) is 0 Å². The van der Waals surface area contributed by atoms with Crippen LogP contribution in [-0.2, 0) is 11.3 Å². The van der Waals surface area contributed by atoms with Gasteiger partial charge in [0.05, 0.1) is 20.8 Å². The van der Waals surface area contributed by atoms with Crippen molar-refractivity contribution in [2.24, 2.45) is 0 Å². The summed E-state index contributed by atoms with van der Waals surface area (Å²) in [6.07, 6.45) is 2.00. The van der Waals surface area contributed by atoms with E-state index in [4.69, 9.17) is 9.47 Å². The van der Waals surface area contributed by atoms with Crippen LogP contribution in [0.4, 0.5) is 4.39 Å². The van der Waals surface area contributed by atoms with Crippen molar-refractivity contribution in [1.82, 2.24) is 9.80 Å². The molecule has 0 radical (unpaired) electrons. The van der Waals surface area contributed by atoms with Gasteiger partial charge in [0.25, 0.3) is 0 Å². The Morgan fingerprint density at radius 3 is 2.61 bits per heavy atom. The first kappa shape index (κ1) is 20.1. The maximum atomic E-state index is 13.1. The molecule has 3 rings (SSSR count). The summed E-state index contributed by atoms with van der Waals surface area (Å²) in [6.45, 7) is 1.66. The molecular weight excluding hydrogens is 359 g/mol. The van der Waals surface area contributed by atoms with Crippen LogP contribution in [0.3, 0.4) is 0 Å². The molecule has 28 heavy (non-hydrogen) atoms. The van der Waals surface area contributed by atoms with E-state index in [-0.39, 0.29) is 17.8 Å². The number of rotatable bonds is 7. The van der Waals surface area contributed by atoms with Crippen molar-refractivity contribution in [2.75, 3.05) is 34.4 Å². The molecule has 0 spiro atoms. The summed E-state index contributed by atoms with van der Waals surface area (Å²) < 4.78 is 24.0. The van der Waals surface area contributed by atoms with Crippen molar-refractivity contribution >= 4 is 5.91 Å². The second-order valence-electron chi connectivity index (χ2n) is 7.11. The average molecular weight is 386 g/mol. The monoisotopic (exact) mass is 386 g/mol. The molecule has 2 aromatic rings. The van der Waals surface area contributed by atoms with Gasteiger partial charge in [0.1, 0.15) is 17.3 Å².